The quantitative estimate of drug-likeness (QED) is 0.826. The number of nitrogens with one attached hydrogen (secondary N) is 1. The van der Waals surface area contributed by atoms with E-state index in [1.165, 1.54) is 24.1 Å². The summed E-state index contributed by atoms with van der Waals surface area (Å²) in [7, 11) is 0. The Labute approximate surface area is 122 Å². The summed E-state index contributed by atoms with van der Waals surface area (Å²) in [4.78, 5) is 2.51. The molecule has 1 aliphatic rings. The van der Waals surface area contributed by atoms with E-state index in [0.717, 1.165) is 37.5 Å². The minimum atomic E-state index is 0.591. The summed E-state index contributed by atoms with van der Waals surface area (Å²) in [6.45, 7) is 9.07. The zero-order valence-corrected chi connectivity index (χ0v) is 12.8. The van der Waals surface area contributed by atoms with Crippen molar-refractivity contribution in [2.24, 2.45) is 0 Å². The van der Waals surface area contributed by atoms with Crippen LogP contribution in [0.5, 0.6) is 0 Å². The highest BCUT2D eigenvalue weighted by molar-refractivity contribution is 6.30. The molecule has 1 atom stereocenters. The lowest BCUT2D eigenvalue weighted by molar-refractivity contribution is 0.283. The second kappa shape index (κ2) is 7.28. The first-order chi connectivity index (χ1) is 9.22. The van der Waals surface area contributed by atoms with Gasteiger partial charge in [-0.15, -0.1) is 0 Å². The van der Waals surface area contributed by atoms with Crippen molar-refractivity contribution in [2.45, 2.75) is 39.2 Å². The third-order valence-corrected chi connectivity index (χ3v) is 4.18. The lowest BCUT2D eigenvalue weighted by Gasteiger charge is -2.21. The van der Waals surface area contributed by atoms with Crippen LogP contribution in [0.1, 0.15) is 31.4 Å². The van der Waals surface area contributed by atoms with Gasteiger partial charge < -0.3 is 10.2 Å². The molecule has 19 heavy (non-hydrogen) atoms. The van der Waals surface area contributed by atoms with Crippen LogP contribution in [0.25, 0.3) is 0 Å². The molecule has 0 aliphatic heterocycles. The molecular weight excluding hydrogens is 256 g/mol. The molecule has 1 aliphatic carbocycles. The number of fused-ring (bicyclic) bond motifs is 1. The SMILES string of the molecule is CCCN(CC)CCNC1Cc2ccc(Cl)cc2C1. The molecule has 3 heteroatoms. The smallest absolute Gasteiger partial charge is 0.0408 e. The highest BCUT2D eigenvalue weighted by Crippen LogP contribution is 2.25. The third kappa shape index (κ3) is 4.20. The van der Waals surface area contributed by atoms with Crippen LogP contribution >= 0.6 is 11.6 Å². The first-order valence-electron chi connectivity index (χ1n) is 7.46. The summed E-state index contributed by atoms with van der Waals surface area (Å²) in [6.07, 6.45) is 3.50. The fourth-order valence-corrected chi connectivity index (χ4v) is 3.10. The summed E-state index contributed by atoms with van der Waals surface area (Å²) in [5.74, 6) is 0. The van der Waals surface area contributed by atoms with Crippen molar-refractivity contribution in [3.05, 3.63) is 34.3 Å². The molecule has 0 spiro atoms. The molecule has 0 amide bonds. The standard InChI is InChI=1S/C16H25ClN2/c1-3-8-19(4-2)9-7-18-16-11-13-5-6-15(17)10-14(13)12-16/h5-6,10,16,18H,3-4,7-9,11-12H2,1-2H3. The van der Waals surface area contributed by atoms with Gasteiger partial charge in [0.2, 0.25) is 0 Å². The maximum absolute atomic E-state index is 6.04. The van der Waals surface area contributed by atoms with Crippen molar-refractivity contribution < 1.29 is 0 Å². The van der Waals surface area contributed by atoms with E-state index in [4.69, 9.17) is 11.6 Å². The van der Waals surface area contributed by atoms with Gasteiger partial charge in [-0.2, -0.15) is 0 Å². The topological polar surface area (TPSA) is 15.3 Å². The van der Waals surface area contributed by atoms with Gasteiger partial charge in [0, 0.05) is 24.2 Å². The van der Waals surface area contributed by atoms with E-state index in [1.54, 1.807) is 0 Å². The molecule has 0 aromatic heterocycles. The first-order valence-corrected chi connectivity index (χ1v) is 7.83. The lowest BCUT2D eigenvalue weighted by atomic mass is 10.1. The zero-order chi connectivity index (χ0) is 13.7. The largest absolute Gasteiger partial charge is 0.312 e. The predicted molar refractivity (Wildman–Crippen MR) is 83.1 cm³/mol. The second-order valence-electron chi connectivity index (χ2n) is 5.41. The Bertz CT molecular complexity index is 406. The highest BCUT2D eigenvalue weighted by atomic mass is 35.5. The molecule has 1 unspecified atom stereocenters. The number of benzene rings is 1. The zero-order valence-electron chi connectivity index (χ0n) is 12.1. The Kier molecular flexibility index (Phi) is 5.68. The number of likely N-dealkylation sites (N-methyl/N-ethyl adjacent to an activating group) is 1. The maximum Gasteiger partial charge on any atom is 0.0408 e. The maximum atomic E-state index is 6.04. The summed E-state index contributed by atoms with van der Waals surface area (Å²) in [6, 6.07) is 6.89. The highest BCUT2D eigenvalue weighted by Gasteiger charge is 2.20. The molecule has 1 aromatic rings. The predicted octanol–water partition coefficient (Wildman–Crippen LogP) is 3.13. The van der Waals surface area contributed by atoms with E-state index in [2.05, 4.69) is 36.2 Å². The van der Waals surface area contributed by atoms with Crippen LogP contribution in [0, 0.1) is 0 Å². The molecule has 0 heterocycles. The molecule has 1 N–H and O–H groups in total. The van der Waals surface area contributed by atoms with Gasteiger partial charge in [0.25, 0.3) is 0 Å². The first kappa shape index (κ1) is 14.8. The minimum absolute atomic E-state index is 0.591. The van der Waals surface area contributed by atoms with Crippen LogP contribution in [0.15, 0.2) is 18.2 Å². The summed E-state index contributed by atoms with van der Waals surface area (Å²) in [5.41, 5.74) is 2.88. The molecule has 0 bridgehead atoms. The van der Waals surface area contributed by atoms with Crippen molar-refractivity contribution in [2.75, 3.05) is 26.2 Å². The van der Waals surface area contributed by atoms with Gasteiger partial charge >= 0.3 is 0 Å². The van der Waals surface area contributed by atoms with E-state index in [9.17, 15) is 0 Å². The molecular formula is C16H25ClN2. The van der Waals surface area contributed by atoms with Crippen LogP contribution in [-0.4, -0.2) is 37.1 Å². The fraction of sp³-hybridized carbons (Fsp3) is 0.625. The number of hydrogen-bond donors (Lipinski definition) is 1. The van der Waals surface area contributed by atoms with Crippen molar-refractivity contribution >= 4 is 11.6 Å². The van der Waals surface area contributed by atoms with Gasteiger partial charge in [0.1, 0.15) is 0 Å². The van der Waals surface area contributed by atoms with Crippen LogP contribution in [0.4, 0.5) is 0 Å². The van der Waals surface area contributed by atoms with Crippen LogP contribution in [-0.2, 0) is 12.8 Å². The molecule has 106 valence electrons. The fourth-order valence-electron chi connectivity index (χ4n) is 2.90. The van der Waals surface area contributed by atoms with Gasteiger partial charge in [0.15, 0.2) is 0 Å². The van der Waals surface area contributed by atoms with Crippen LogP contribution in [0.3, 0.4) is 0 Å². The van der Waals surface area contributed by atoms with E-state index >= 15 is 0 Å². The van der Waals surface area contributed by atoms with Crippen LogP contribution in [0.2, 0.25) is 5.02 Å². The van der Waals surface area contributed by atoms with Crippen LogP contribution < -0.4 is 5.32 Å². The molecule has 0 saturated carbocycles. The molecule has 2 nitrogen and oxygen atoms in total. The molecule has 1 aromatic carbocycles. The van der Waals surface area contributed by atoms with Crippen molar-refractivity contribution in [3.63, 3.8) is 0 Å². The minimum Gasteiger partial charge on any atom is -0.312 e. The number of halogens is 1. The number of rotatable bonds is 7. The summed E-state index contributed by atoms with van der Waals surface area (Å²) in [5, 5.41) is 4.55. The Morgan fingerprint density at radius 1 is 1.21 bits per heavy atom. The van der Waals surface area contributed by atoms with Gasteiger partial charge in [-0.25, -0.2) is 0 Å². The summed E-state index contributed by atoms with van der Waals surface area (Å²) >= 11 is 6.04. The Hall–Kier alpha value is -0.570. The number of nitrogens with zero attached hydrogens (tertiary/aromatic N) is 1. The van der Waals surface area contributed by atoms with Gasteiger partial charge in [-0.3, -0.25) is 0 Å². The van der Waals surface area contributed by atoms with E-state index < -0.39 is 0 Å². The Morgan fingerprint density at radius 3 is 2.74 bits per heavy atom. The average Bonchev–Trinajstić information content (AvgIpc) is 2.79. The molecule has 2 rings (SSSR count). The average molecular weight is 281 g/mol. The number of hydrogen-bond acceptors (Lipinski definition) is 2. The van der Waals surface area contributed by atoms with Crippen molar-refractivity contribution in [1.82, 2.24) is 10.2 Å². The lowest BCUT2D eigenvalue weighted by Crippen LogP contribution is -2.37. The Balaban J connectivity index is 1.75. The van der Waals surface area contributed by atoms with Gasteiger partial charge in [-0.1, -0.05) is 31.5 Å². The van der Waals surface area contributed by atoms with Crippen molar-refractivity contribution in [3.8, 4) is 0 Å². The van der Waals surface area contributed by atoms with E-state index in [-0.39, 0.29) is 0 Å². The monoisotopic (exact) mass is 280 g/mol. The molecule has 0 saturated heterocycles. The summed E-state index contributed by atoms with van der Waals surface area (Å²) < 4.78 is 0. The molecule has 0 fully saturated rings. The van der Waals surface area contributed by atoms with E-state index in [0.29, 0.717) is 6.04 Å². The normalized spacial score (nSPS) is 18.0. The third-order valence-electron chi connectivity index (χ3n) is 3.95. The van der Waals surface area contributed by atoms with Crippen molar-refractivity contribution in [1.29, 1.82) is 0 Å². The van der Waals surface area contributed by atoms with Gasteiger partial charge in [-0.05, 0) is 55.6 Å². The molecule has 0 radical (unpaired) electrons. The van der Waals surface area contributed by atoms with Gasteiger partial charge in [0.05, 0.1) is 0 Å². The Morgan fingerprint density at radius 2 is 2.00 bits per heavy atom. The second-order valence-corrected chi connectivity index (χ2v) is 5.84. The van der Waals surface area contributed by atoms with E-state index in [1.807, 2.05) is 6.07 Å².